The van der Waals surface area contributed by atoms with Gasteiger partial charge in [0.05, 0.1) is 25.9 Å². The van der Waals surface area contributed by atoms with E-state index in [9.17, 15) is 0 Å². The molecule has 0 spiro atoms. The third kappa shape index (κ3) is 5.36. The Kier molecular flexibility index (Phi) is 7.76. The quantitative estimate of drug-likeness (QED) is 0.426. The van der Waals surface area contributed by atoms with Crippen molar-refractivity contribution in [3.8, 4) is 0 Å². The van der Waals surface area contributed by atoms with Crippen molar-refractivity contribution in [3.05, 3.63) is 57.1 Å². The van der Waals surface area contributed by atoms with Gasteiger partial charge in [-0.2, -0.15) is 0 Å². The van der Waals surface area contributed by atoms with Crippen LogP contribution in [0.4, 0.5) is 5.69 Å². The minimum atomic E-state index is 0. The summed E-state index contributed by atoms with van der Waals surface area (Å²) < 4.78 is 1.31. The molecule has 1 saturated carbocycles. The van der Waals surface area contributed by atoms with Gasteiger partial charge in [-0.25, -0.2) is 4.98 Å². The Balaban J connectivity index is 0.00000231. The largest absolute Gasteiger partial charge is 0.380 e. The van der Waals surface area contributed by atoms with E-state index in [1.807, 2.05) is 17.4 Å². The smallest absolute Gasteiger partial charge is 0.0941 e. The van der Waals surface area contributed by atoms with Crippen LogP contribution in [0, 0.1) is 5.92 Å². The standard InChI is InChI=1S/C25H30ClN3S.ClH/c26-21-8-7-19-10-12-27-13-11-20(19)25(21)28-16-18-6-9-22-23(14-18)30-24(29-22)15-17-4-2-1-3-5-17;/h6-9,14,17,27-28H,1-5,10-13,15-16H2;1H. The fourth-order valence-corrected chi connectivity index (χ4v) is 6.37. The summed E-state index contributed by atoms with van der Waals surface area (Å²) in [6.45, 7) is 2.84. The van der Waals surface area contributed by atoms with Gasteiger partial charge in [-0.1, -0.05) is 55.8 Å². The summed E-state index contributed by atoms with van der Waals surface area (Å²) in [5.74, 6) is 0.838. The molecule has 31 heavy (non-hydrogen) atoms. The number of fused-ring (bicyclic) bond motifs is 2. The monoisotopic (exact) mass is 475 g/mol. The van der Waals surface area contributed by atoms with Gasteiger partial charge < -0.3 is 10.6 Å². The van der Waals surface area contributed by atoms with Crippen molar-refractivity contribution in [3.63, 3.8) is 0 Å². The molecule has 0 atom stereocenters. The van der Waals surface area contributed by atoms with Crippen LogP contribution in [0.1, 0.15) is 53.8 Å². The lowest BCUT2D eigenvalue weighted by molar-refractivity contribution is 0.356. The molecule has 3 nitrogen and oxygen atoms in total. The molecule has 6 heteroatoms. The van der Waals surface area contributed by atoms with E-state index >= 15 is 0 Å². The van der Waals surface area contributed by atoms with Gasteiger partial charge in [0.1, 0.15) is 0 Å². The van der Waals surface area contributed by atoms with Gasteiger partial charge in [0.25, 0.3) is 0 Å². The Labute approximate surface area is 200 Å². The van der Waals surface area contributed by atoms with E-state index in [1.165, 1.54) is 58.5 Å². The molecule has 1 aromatic heterocycles. The number of thiazole rings is 1. The van der Waals surface area contributed by atoms with E-state index in [1.54, 1.807) is 0 Å². The normalized spacial score (nSPS) is 17.1. The van der Waals surface area contributed by atoms with Crippen molar-refractivity contribution in [2.45, 2.75) is 57.9 Å². The Hall–Kier alpha value is -1.33. The van der Waals surface area contributed by atoms with E-state index in [2.05, 4.69) is 34.9 Å². The minimum Gasteiger partial charge on any atom is -0.380 e. The number of rotatable bonds is 5. The zero-order valence-electron chi connectivity index (χ0n) is 17.9. The SMILES string of the molecule is Cl.Clc1ccc2c(c1NCc1ccc3nc(CC4CCCCC4)sc3c1)CCNCC2. The molecule has 1 aliphatic carbocycles. The van der Waals surface area contributed by atoms with Crippen LogP contribution >= 0.6 is 35.3 Å². The van der Waals surface area contributed by atoms with E-state index in [-0.39, 0.29) is 12.4 Å². The second kappa shape index (κ2) is 10.5. The fourth-order valence-electron chi connectivity index (χ4n) is 4.98. The molecular weight excluding hydrogens is 445 g/mol. The predicted octanol–water partition coefficient (Wildman–Crippen LogP) is 6.79. The van der Waals surface area contributed by atoms with Crippen molar-refractivity contribution in [2.24, 2.45) is 5.92 Å². The molecule has 2 aromatic carbocycles. The minimum absolute atomic E-state index is 0. The van der Waals surface area contributed by atoms with Crippen LogP contribution < -0.4 is 10.6 Å². The first-order valence-electron chi connectivity index (χ1n) is 11.4. The highest BCUT2D eigenvalue weighted by Gasteiger charge is 2.17. The number of hydrogen-bond acceptors (Lipinski definition) is 4. The van der Waals surface area contributed by atoms with Crippen LogP contribution in [0.25, 0.3) is 10.2 Å². The first-order valence-corrected chi connectivity index (χ1v) is 12.6. The van der Waals surface area contributed by atoms with Gasteiger partial charge in [0.15, 0.2) is 0 Å². The summed E-state index contributed by atoms with van der Waals surface area (Å²) in [5.41, 5.74) is 6.33. The highest BCUT2D eigenvalue weighted by Crippen LogP contribution is 2.33. The molecule has 2 heterocycles. The second-order valence-corrected chi connectivity index (χ2v) is 10.3. The molecule has 0 unspecified atom stereocenters. The van der Waals surface area contributed by atoms with Gasteiger partial charge in [-0.05, 0) is 66.7 Å². The summed E-state index contributed by atoms with van der Waals surface area (Å²) in [6, 6.07) is 10.9. The number of aromatic nitrogens is 1. The van der Waals surface area contributed by atoms with E-state index in [0.29, 0.717) is 0 Å². The third-order valence-electron chi connectivity index (χ3n) is 6.64. The lowest BCUT2D eigenvalue weighted by Gasteiger charge is -2.20. The van der Waals surface area contributed by atoms with Gasteiger partial charge in [0, 0.05) is 13.0 Å². The Morgan fingerprint density at radius 1 is 1.06 bits per heavy atom. The summed E-state index contributed by atoms with van der Waals surface area (Å²) in [5, 5.41) is 9.27. The molecule has 2 aliphatic rings. The van der Waals surface area contributed by atoms with E-state index in [4.69, 9.17) is 16.6 Å². The van der Waals surface area contributed by atoms with Crippen LogP contribution in [0.5, 0.6) is 0 Å². The summed E-state index contributed by atoms with van der Waals surface area (Å²) in [6.07, 6.45) is 10.2. The maximum Gasteiger partial charge on any atom is 0.0941 e. The number of anilines is 1. The maximum absolute atomic E-state index is 6.58. The molecule has 1 fully saturated rings. The van der Waals surface area contributed by atoms with Crippen LogP contribution in [-0.2, 0) is 25.8 Å². The molecule has 0 amide bonds. The maximum atomic E-state index is 6.58. The molecule has 0 radical (unpaired) electrons. The molecular formula is C25H31Cl2N3S. The van der Waals surface area contributed by atoms with Gasteiger partial charge >= 0.3 is 0 Å². The highest BCUT2D eigenvalue weighted by molar-refractivity contribution is 7.18. The number of halogens is 2. The lowest BCUT2D eigenvalue weighted by atomic mass is 9.87. The van der Waals surface area contributed by atoms with Gasteiger partial charge in [0.2, 0.25) is 0 Å². The van der Waals surface area contributed by atoms with Crippen molar-refractivity contribution in [1.82, 2.24) is 10.3 Å². The zero-order valence-corrected chi connectivity index (χ0v) is 20.3. The number of nitrogens with one attached hydrogen (secondary N) is 2. The molecule has 5 rings (SSSR count). The first-order chi connectivity index (χ1) is 14.8. The van der Waals surface area contributed by atoms with Crippen molar-refractivity contribution >= 4 is 51.2 Å². The second-order valence-electron chi connectivity index (χ2n) is 8.78. The average Bonchev–Trinajstić information content (AvgIpc) is 3.00. The number of nitrogens with zero attached hydrogens (tertiary/aromatic N) is 1. The van der Waals surface area contributed by atoms with Gasteiger partial charge in [-0.15, -0.1) is 23.7 Å². The molecule has 3 aromatic rings. The Bertz CT molecular complexity index is 1030. The summed E-state index contributed by atoms with van der Waals surface area (Å²) in [7, 11) is 0. The predicted molar refractivity (Wildman–Crippen MR) is 136 cm³/mol. The highest BCUT2D eigenvalue weighted by atomic mass is 35.5. The van der Waals surface area contributed by atoms with Crippen LogP contribution in [0.2, 0.25) is 5.02 Å². The van der Waals surface area contributed by atoms with Crippen molar-refractivity contribution in [1.29, 1.82) is 0 Å². The first kappa shape index (κ1) is 22.8. The molecule has 1 aliphatic heterocycles. The van der Waals surface area contributed by atoms with Crippen molar-refractivity contribution in [2.75, 3.05) is 18.4 Å². The topological polar surface area (TPSA) is 37.0 Å². The fraction of sp³-hybridized carbons (Fsp3) is 0.480. The lowest BCUT2D eigenvalue weighted by Crippen LogP contribution is -2.16. The molecule has 2 N–H and O–H groups in total. The average molecular weight is 477 g/mol. The molecule has 0 saturated heterocycles. The Morgan fingerprint density at radius 3 is 2.77 bits per heavy atom. The Morgan fingerprint density at radius 2 is 1.90 bits per heavy atom. The van der Waals surface area contributed by atoms with Crippen LogP contribution in [0.15, 0.2) is 30.3 Å². The summed E-state index contributed by atoms with van der Waals surface area (Å²) >= 11 is 8.46. The van der Waals surface area contributed by atoms with E-state index in [0.717, 1.165) is 61.0 Å². The van der Waals surface area contributed by atoms with Crippen LogP contribution in [-0.4, -0.2) is 18.1 Å². The van der Waals surface area contributed by atoms with E-state index < -0.39 is 0 Å². The van der Waals surface area contributed by atoms with Gasteiger partial charge in [-0.3, -0.25) is 0 Å². The number of hydrogen-bond donors (Lipinski definition) is 2. The third-order valence-corrected chi connectivity index (χ3v) is 7.99. The molecule has 166 valence electrons. The van der Waals surface area contributed by atoms with Crippen molar-refractivity contribution < 1.29 is 0 Å². The molecule has 0 bridgehead atoms. The van der Waals surface area contributed by atoms with Crippen LogP contribution in [0.3, 0.4) is 0 Å². The summed E-state index contributed by atoms with van der Waals surface area (Å²) in [4.78, 5) is 4.92. The number of benzene rings is 2. The zero-order chi connectivity index (χ0) is 20.3.